The molecular formula is C19H27NS. The molecule has 0 aliphatic heterocycles. The Kier molecular flexibility index (Phi) is 4.37. The summed E-state index contributed by atoms with van der Waals surface area (Å²) in [7, 11) is 2.14. The molecule has 0 radical (unpaired) electrons. The van der Waals surface area contributed by atoms with Gasteiger partial charge in [-0.2, -0.15) is 0 Å². The Labute approximate surface area is 132 Å². The van der Waals surface area contributed by atoms with E-state index in [1.54, 1.807) is 0 Å². The molecule has 2 heteroatoms. The summed E-state index contributed by atoms with van der Waals surface area (Å²) in [6, 6.07) is 9.44. The van der Waals surface area contributed by atoms with Crippen LogP contribution in [0.1, 0.15) is 45.1 Å². The maximum Gasteiger partial charge on any atom is 0.0345 e. The van der Waals surface area contributed by atoms with E-state index < -0.39 is 0 Å². The zero-order valence-electron chi connectivity index (χ0n) is 13.5. The van der Waals surface area contributed by atoms with Gasteiger partial charge in [-0.15, -0.1) is 11.3 Å². The van der Waals surface area contributed by atoms with Gasteiger partial charge in [-0.05, 0) is 72.9 Å². The van der Waals surface area contributed by atoms with Gasteiger partial charge < -0.3 is 5.32 Å². The van der Waals surface area contributed by atoms with Gasteiger partial charge in [0, 0.05) is 10.7 Å². The first-order valence-corrected chi connectivity index (χ1v) is 9.09. The van der Waals surface area contributed by atoms with Gasteiger partial charge in [0.05, 0.1) is 0 Å². The third-order valence-corrected chi connectivity index (χ3v) is 6.34. The van der Waals surface area contributed by atoms with Gasteiger partial charge in [0.2, 0.25) is 0 Å². The smallest absolute Gasteiger partial charge is 0.0345 e. The molecule has 1 aromatic carbocycles. The molecule has 1 unspecified atom stereocenters. The number of hydrogen-bond acceptors (Lipinski definition) is 2. The largest absolute Gasteiger partial charge is 0.316 e. The summed E-state index contributed by atoms with van der Waals surface area (Å²) in [5, 5.41) is 7.43. The SMILES string of the molecule is CNC(Cc1csc2ccccc12)C1CCC(C)(C)CC1. The first-order valence-electron chi connectivity index (χ1n) is 8.21. The van der Waals surface area contributed by atoms with Crippen molar-refractivity contribution in [2.75, 3.05) is 7.05 Å². The van der Waals surface area contributed by atoms with E-state index in [2.05, 4.69) is 55.9 Å². The van der Waals surface area contributed by atoms with E-state index >= 15 is 0 Å². The second-order valence-corrected chi connectivity index (χ2v) is 8.27. The molecule has 1 aliphatic rings. The summed E-state index contributed by atoms with van der Waals surface area (Å²) >= 11 is 1.89. The number of fused-ring (bicyclic) bond motifs is 1. The standard InChI is InChI=1S/C19H27NS/c1-19(2)10-8-14(9-11-19)17(20-3)12-15-13-21-18-7-5-4-6-16(15)18/h4-7,13-14,17,20H,8-12H2,1-3H3. The van der Waals surface area contributed by atoms with Gasteiger partial charge in [0.25, 0.3) is 0 Å². The van der Waals surface area contributed by atoms with Crippen LogP contribution in [0.5, 0.6) is 0 Å². The second-order valence-electron chi connectivity index (χ2n) is 7.36. The third kappa shape index (κ3) is 3.32. The molecule has 114 valence electrons. The molecule has 1 aromatic heterocycles. The van der Waals surface area contributed by atoms with E-state index in [1.807, 2.05) is 11.3 Å². The van der Waals surface area contributed by atoms with Crippen molar-refractivity contribution in [3.8, 4) is 0 Å². The summed E-state index contributed by atoms with van der Waals surface area (Å²) in [4.78, 5) is 0. The molecule has 1 nitrogen and oxygen atoms in total. The number of benzene rings is 1. The predicted molar refractivity (Wildman–Crippen MR) is 94.1 cm³/mol. The molecule has 2 aromatic rings. The van der Waals surface area contributed by atoms with E-state index in [0.29, 0.717) is 11.5 Å². The molecule has 1 N–H and O–H groups in total. The molecule has 1 saturated carbocycles. The van der Waals surface area contributed by atoms with Gasteiger partial charge in [0.15, 0.2) is 0 Å². The summed E-state index contributed by atoms with van der Waals surface area (Å²) < 4.78 is 1.42. The van der Waals surface area contributed by atoms with E-state index in [1.165, 1.54) is 47.8 Å². The van der Waals surface area contributed by atoms with Crippen LogP contribution in [0.3, 0.4) is 0 Å². The van der Waals surface area contributed by atoms with E-state index in [4.69, 9.17) is 0 Å². The molecule has 21 heavy (non-hydrogen) atoms. The van der Waals surface area contributed by atoms with Crippen molar-refractivity contribution < 1.29 is 0 Å². The van der Waals surface area contributed by atoms with Crippen molar-refractivity contribution in [2.45, 2.75) is 52.0 Å². The lowest BCUT2D eigenvalue weighted by Gasteiger charge is -2.38. The molecule has 3 rings (SSSR count). The Bertz CT molecular complexity index is 588. The predicted octanol–water partition coefficient (Wildman–Crippen LogP) is 5.25. The number of thiophene rings is 1. The van der Waals surface area contributed by atoms with E-state index in [-0.39, 0.29) is 0 Å². The third-order valence-electron chi connectivity index (χ3n) is 5.32. The molecule has 1 aliphatic carbocycles. The summed E-state index contributed by atoms with van der Waals surface area (Å²) in [5.74, 6) is 0.835. The van der Waals surface area contributed by atoms with Crippen LogP contribution in [0, 0.1) is 11.3 Å². The number of nitrogens with one attached hydrogen (secondary N) is 1. The minimum atomic E-state index is 0.559. The van der Waals surface area contributed by atoms with Crippen molar-refractivity contribution in [3.05, 3.63) is 35.2 Å². The lowest BCUT2D eigenvalue weighted by Crippen LogP contribution is -2.38. The molecule has 0 saturated heterocycles. The average molecular weight is 301 g/mol. The van der Waals surface area contributed by atoms with Crippen molar-refractivity contribution in [1.29, 1.82) is 0 Å². The van der Waals surface area contributed by atoms with E-state index in [0.717, 1.165) is 5.92 Å². The van der Waals surface area contributed by atoms with Crippen LogP contribution in [-0.4, -0.2) is 13.1 Å². The maximum atomic E-state index is 3.61. The second kappa shape index (κ2) is 6.10. The number of rotatable bonds is 4. The van der Waals surface area contributed by atoms with Crippen LogP contribution >= 0.6 is 11.3 Å². The Hall–Kier alpha value is -0.860. The Morgan fingerprint density at radius 2 is 1.95 bits per heavy atom. The van der Waals surface area contributed by atoms with Gasteiger partial charge in [-0.25, -0.2) is 0 Å². The van der Waals surface area contributed by atoms with Gasteiger partial charge in [0.1, 0.15) is 0 Å². The topological polar surface area (TPSA) is 12.0 Å². The van der Waals surface area contributed by atoms with Crippen LogP contribution in [0.2, 0.25) is 0 Å². The molecule has 1 heterocycles. The summed E-state index contributed by atoms with van der Waals surface area (Å²) in [5.41, 5.74) is 2.09. The highest BCUT2D eigenvalue weighted by Crippen LogP contribution is 2.40. The first kappa shape index (κ1) is 15.1. The molecule has 1 atom stereocenters. The van der Waals surface area contributed by atoms with Gasteiger partial charge >= 0.3 is 0 Å². The quantitative estimate of drug-likeness (QED) is 0.813. The maximum absolute atomic E-state index is 3.61. The molecular weight excluding hydrogens is 274 g/mol. The molecule has 0 spiro atoms. The Balaban J connectivity index is 1.73. The van der Waals surface area contributed by atoms with Gasteiger partial charge in [-0.1, -0.05) is 32.0 Å². The van der Waals surface area contributed by atoms with Crippen molar-refractivity contribution >= 4 is 21.4 Å². The molecule has 0 amide bonds. The number of hydrogen-bond donors (Lipinski definition) is 1. The van der Waals surface area contributed by atoms with Crippen LogP contribution < -0.4 is 5.32 Å². The first-order chi connectivity index (χ1) is 10.1. The lowest BCUT2D eigenvalue weighted by atomic mass is 9.70. The minimum absolute atomic E-state index is 0.559. The van der Waals surface area contributed by atoms with Crippen molar-refractivity contribution in [1.82, 2.24) is 5.32 Å². The Morgan fingerprint density at radius 1 is 1.24 bits per heavy atom. The monoisotopic (exact) mass is 301 g/mol. The fourth-order valence-electron chi connectivity index (χ4n) is 3.76. The highest BCUT2D eigenvalue weighted by molar-refractivity contribution is 7.17. The highest BCUT2D eigenvalue weighted by atomic mass is 32.1. The number of likely N-dealkylation sites (N-methyl/N-ethyl adjacent to an activating group) is 1. The van der Waals surface area contributed by atoms with Gasteiger partial charge in [-0.3, -0.25) is 0 Å². The van der Waals surface area contributed by atoms with Crippen molar-refractivity contribution in [3.63, 3.8) is 0 Å². The highest BCUT2D eigenvalue weighted by Gasteiger charge is 2.31. The van der Waals surface area contributed by atoms with Crippen LogP contribution in [-0.2, 0) is 6.42 Å². The lowest BCUT2D eigenvalue weighted by molar-refractivity contribution is 0.163. The van der Waals surface area contributed by atoms with E-state index in [9.17, 15) is 0 Å². The zero-order valence-corrected chi connectivity index (χ0v) is 14.3. The van der Waals surface area contributed by atoms with Crippen molar-refractivity contribution in [2.24, 2.45) is 11.3 Å². The summed E-state index contributed by atoms with van der Waals surface area (Å²) in [6.45, 7) is 4.84. The average Bonchev–Trinajstić information content (AvgIpc) is 2.88. The zero-order chi connectivity index (χ0) is 14.9. The normalized spacial score (nSPS) is 20.7. The minimum Gasteiger partial charge on any atom is -0.316 e. The summed E-state index contributed by atoms with van der Waals surface area (Å²) in [6.07, 6.45) is 6.67. The Morgan fingerprint density at radius 3 is 2.67 bits per heavy atom. The van der Waals surface area contributed by atoms with Crippen LogP contribution in [0.25, 0.3) is 10.1 Å². The molecule has 0 bridgehead atoms. The van der Waals surface area contributed by atoms with Crippen LogP contribution in [0.15, 0.2) is 29.6 Å². The van der Waals surface area contributed by atoms with Crippen LogP contribution in [0.4, 0.5) is 0 Å². The fourth-order valence-corrected chi connectivity index (χ4v) is 4.73. The molecule has 1 fully saturated rings. The fraction of sp³-hybridized carbons (Fsp3) is 0.579.